The summed E-state index contributed by atoms with van der Waals surface area (Å²) < 4.78 is 43.3. The molecule has 0 spiro atoms. The number of thiazole rings is 1. The summed E-state index contributed by atoms with van der Waals surface area (Å²) in [5, 5.41) is 10.3. The van der Waals surface area contributed by atoms with Crippen LogP contribution in [0.2, 0.25) is 0 Å². The van der Waals surface area contributed by atoms with Crippen LogP contribution in [-0.4, -0.2) is 20.6 Å². The van der Waals surface area contributed by atoms with E-state index in [2.05, 4.69) is 4.98 Å². The fraction of sp³-hybridized carbons (Fsp3) is 0.158. The summed E-state index contributed by atoms with van der Waals surface area (Å²) in [4.78, 5) is 15.4. The molecule has 0 bridgehead atoms. The van der Waals surface area contributed by atoms with E-state index in [9.17, 15) is 23.1 Å². The lowest BCUT2D eigenvalue weighted by atomic mass is 10.1. The lowest BCUT2D eigenvalue weighted by Crippen LogP contribution is -2.09. The van der Waals surface area contributed by atoms with Crippen LogP contribution in [0, 0.1) is 31.3 Å². The molecule has 4 aromatic rings. The van der Waals surface area contributed by atoms with Crippen molar-refractivity contribution in [3.05, 3.63) is 53.0 Å². The first-order valence-corrected chi connectivity index (χ1v) is 8.85. The summed E-state index contributed by atoms with van der Waals surface area (Å²) in [5.41, 5.74) is 2.47. The van der Waals surface area contributed by atoms with Crippen LogP contribution < -0.4 is 0 Å². The molecule has 0 fully saturated rings. The molecule has 2 heterocycles. The van der Waals surface area contributed by atoms with Crippen LogP contribution in [0.25, 0.3) is 31.7 Å². The van der Waals surface area contributed by atoms with Crippen molar-refractivity contribution in [1.82, 2.24) is 9.55 Å². The fourth-order valence-electron chi connectivity index (χ4n) is 3.30. The predicted octanol–water partition coefficient (Wildman–Crippen LogP) is 5.04. The lowest BCUT2D eigenvalue weighted by Gasteiger charge is -2.04. The maximum Gasteiger partial charge on any atom is 0.323 e. The number of hydrogen-bond acceptors (Lipinski definition) is 3. The molecule has 0 radical (unpaired) electrons. The number of hydrogen-bond donors (Lipinski definition) is 1. The van der Waals surface area contributed by atoms with E-state index in [4.69, 9.17) is 0 Å². The van der Waals surface area contributed by atoms with Gasteiger partial charge in [0.05, 0.1) is 4.70 Å². The maximum atomic E-state index is 14.1. The largest absolute Gasteiger partial charge is 0.480 e. The summed E-state index contributed by atoms with van der Waals surface area (Å²) in [5.74, 6) is -4.38. The SMILES string of the molecule is Cc1ccc2c(c1)c(-c1nc3c(F)c(F)cc(F)c3s1)c(C)n2CC(=O)O. The van der Waals surface area contributed by atoms with Gasteiger partial charge in [-0.25, -0.2) is 18.2 Å². The molecule has 2 aromatic heterocycles. The molecular formula is C19H13F3N2O2S. The van der Waals surface area contributed by atoms with Crippen molar-refractivity contribution in [2.45, 2.75) is 20.4 Å². The standard InChI is InChI=1S/C19H13F3N2O2S/c1-8-3-4-13-10(5-8)15(9(2)24(13)7-14(25)26)19-23-17-16(22)11(20)6-12(21)18(17)27-19/h3-6H,7H2,1-2H3,(H,25,26). The summed E-state index contributed by atoms with van der Waals surface area (Å²) in [6, 6.07) is 6.04. The van der Waals surface area contributed by atoms with Gasteiger partial charge in [0.15, 0.2) is 11.6 Å². The third-order valence-corrected chi connectivity index (χ3v) is 5.58. The third kappa shape index (κ3) is 2.68. The molecule has 27 heavy (non-hydrogen) atoms. The molecule has 0 amide bonds. The zero-order valence-electron chi connectivity index (χ0n) is 14.3. The summed E-state index contributed by atoms with van der Waals surface area (Å²) >= 11 is 0.913. The normalized spacial score (nSPS) is 11.6. The first-order valence-electron chi connectivity index (χ1n) is 8.03. The van der Waals surface area contributed by atoms with Crippen LogP contribution in [0.4, 0.5) is 13.2 Å². The van der Waals surface area contributed by atoms with Gasteiger partial charge in [-0.2, -0.15) is 0 Å². The molecule has 4 rings (SSSR count). The zero-order valence-corrected chi connectivity index (χ0v) is 15.1. The van der Waals surface area contributed by atoms with Crippen molar-refractivity contribution in [1.29, 1.82) is 0 Å². The summed E-state index contributed by atoms with van der Waals surface area (Å²) in [6.45, 7) is 3.36. The molecule has 0 aliphatic rings. The van der Waals surface area contributed by atoms with E-state index in [1.165, 1.54) is 0 Å². The van der Waals surface area contributed by atoms with Gasteiger partial charge in [0.2, 0.25) is 0 Å². The second-order valence-corrected chi connectivity index (χ2v) is 7.31. The monoisotopic (exact) mass is 390 g/mol. The molecule has 4 nitrogen and oxygen atoms in total. The van der Waals surface area contributed by atoms with E-state index < -0.39 is 23.4 Å². The average molecular weight is 390 g/mol. The van der Waals surface area contributed by atoms with Crippen LogP contribution >= 0.6 is 11.3 Å². The van der Waals surface area contributed by atoms with Gasteiger partial charge in [0, 0.05) is 28.2 Å². The Morgan fingerprint density at radius 2 is 1.93 bits per heavy atom. The highest BCUT2D eigenvalue weighted by molar-refractivity contribution is 7.21. The highest BCUT2D eigenvalue weighted by Gasteiger charge is 2.23. The van der Waals surface area contributed by atoms with E-state index in [0.717, 1.165) is 22.3 Å². The minimum Gasteiger partial charge on any atom is -0.480 e. The van der Waals surface area contributed by atoms with Gasteiger partial charge in [-0.15, -0.1) is 11.3 Å². The first-order chi connectivity index (χ1) is 12.8. The molecule has 0 atom stereocenters. The number of carbonyl (C=O) groups is 1. The number of benzene rings is 2. The number of nitrogens with zero attached hydrogens (tertiary/aromatic N) is 2. The van der Waals surface area contributed by atoms with E-state index in [1.54, 1.807) is 17.6 Å². The highest BCUT2D eigenvalue weighted by Crippen LogP contribution is 2.40. The maximum absolute atomic E-state index is 14.1. The van der Waals surface area contributed by atoms with Crippen LogP contribution in [-0.2, 0) is 11.3 Å². The van der Waals surface area contributed by atoms with Gasteiger partial charge in [-0.05, 0) is 26.0 Å². The van der Waals surface area contributed by atoms with Crippen LogP contribution in [0.15, 0.2) is 24.3 Å². The van der Waals surface area contributed by atoms with Gasteiger partial charge in [0.25, 0.3) is 0 Å². The van der Waals surface area contributed by atoms with Crippen LogP contribution in [0.3, 0.4) is 0 Å². The third-order valence-electron chi connectivity index (χ3n) is 4.50. The molecule has 138 valence electrons. The Hall–Kier alpha value is -2.87. The van der Waals surface area contributed by atoms with Gasteiger partial charge < -0.3 is 9.67 Å². The van der Waals surface area contributed by atoms with E-state index in [1.807, 2.05) is 19.1 Å². The summed E-state index contributed by atoms with van der Waals surface area (Å²) in [6.07, 6.45) is 0. The number of fused-ring (bicyclic) bond motifs is 2. The van der Waals surface area contributed by atoms with Crippen molar-refractivity contribution < 1.29 is 23.1 Å². The summed E-state index contributed by atoms with van der Waals surface area (Å²) in [7, 11) is 0. The van der Waals surface area contributed by atoms with Gasteiger partial charge in [-0.3, -0.25) is 4.79 Å². The molecule has 2 aromatic carbocycles. The number of carboxylic acids is 1. The van der Waals surface area contributed by atoms with Crippen molar-refractivity contribution >= 4 is 38.4 Å². The zero-order chi connectivity index (χ0) is 19.5. The Morgan fingerprint density at radius 3 is 2.63 bits per heavy atom. The number of rotatable bonds is 3. The quantitative estimate of drug-likeness (QED) is 0.499. The number of aryl methyl sites for hydroxylation is 1. The first kappa shape index (κ1) is 17.5. The molecule has 8 heteroatoms. The second kappa shape index (κ2) is 6.09. The van der Waals surface area contributed by atoms with E-state index in [0.29, 0.717) is 27.8 Å². The molecular weight excluding hydrogens is 377 g/mol. The van der Waals surface area contributed by atoms with Crippen molar-refractivity contribution in [2.75, 3.05) is 0 Å². The minimum atomic E-state index is -1.29. The van der Waals surface area contributed by atoms with Gasteiger partial charge in [0.1, 0.15) is 22.9 Å². The number of carboxylic acid groups (broad SMARTS) is 1. The Labute approximate surface area is 155 Å². The number of halogens is 3. The Balaban J connectivity index is 2.07. The fourth-order valence-corrected chi connectivity index (χ4v) is 4.37. The average Bonchev–Trinajstić information content (AvgIpc) is 3.13. The van der Waals surface area contributed by atoms with Crippen molar-refractivity contribution in [3.8, 4) is 10.6 Å². The van der Waals surface area contributed by atoms with Crippen LogP contribution in [0.5, 0.6) is 0 Å². The predicted molar refractivity (Wildman–Crippen MR) is 97.5 cm³/mol. The Kier molecular flexibility index (Phi) is 3.96. The molecule has 1 N–H and O–H groups in total. The minimum absolute atomic E-state index is 0.0740. The second-order valence-electron chi connectivity index (χ2n) is 6.31. The molecule has 0 aliphatic carbocycles. The van der Waals surface area contributed by atoms with Crippen LogP contribution in [0.1, 0.15) is 11.3 Å². The van der Waals surface area contributed by atoms with Gasteiger partial charge >= 0.3 is 5.97 Å². The molecule has 0 saturated heterocycles. The van der Waals surface area contributed by atoms with Crippen molar-refractivity contribution in [3.63, 3.8) is 0 Å². The van der Waals surface area contributed by atoms with Gasteiger partial charge in [-0.1, -0.05) is 11.6 Å². The molecule has 0 unspecified atom stereocenters. The number of aliphatic carboxylic acids is 1. The Morgan fingerprint density at radius 1 is 1.19 bits per heavy atom. The van der Waals surface area contributed by atoms with E-state index in [-0.39, 0.29) is 16.8 Å². The van der Waals surface area contributed by atoms with Crippen molar-refractivity contribution in [2.24, 2.45) is 0 Å². The van der Waals surface area contributed by atoms with E-state index >= 15 is 0 Å². The lowest BCUT2D eigenvalue weighted by molar-refractivity contribution is -0.137. The smallest absolute Gasteiger partial charge is 0.323 e. The Bertz CT molecular complexity index is 1240. The molecule has 0 saturated carbocycles. The highest BCUT2D eigenvalue weighted by atomic mass is 32.1. The number of aromatic nitrogens is 2. The molecule has 0 aliphatic heterocycles. The topological polar surface area (TPSA) is 55.1 Å².